The molecule has 154 valence electrons. The summed E-state index contributed by atoms with van der Waals surface area (Å²) in [5.41, 5.74) is 3.81. The van der Waals surface area contributed by atoms with Crippen LogP contribution in [-0.4, -0.2) is 37.2 Å². The molecule has 0 bridgehead atoms. The highest BCUT2D eigenvalue weighted by Gasteiger charge is 2.21. The van der Waals surface area contributed by atoms with Crippen molar-refractivity contribution in [3.8, 4) is 28.8 Å². The van der Waals surface area contributed by atoms with Crippen molar-refractivity contribution in [1.29, 1.82) is 5.26 Å². The van der Waals surface area contributed by atoms with Gasteiger partial charge in [0, 0.05) is 35.1 Å². The van der Waals surface area contributed by atoms with Gasteiger partial charge in [0.15, 0.2) is 11.5 Å². The molecule has 2 heterocycles. The van der Waals surface area contributed by atoms with Gasteiger partial charge in [-0.1, -0.05) is 23.7 Å². The Hall–Kier alpha value is -2.81. The second-order valence-electron chi connectivity index (χ2n) is 7.61. The number of benzene rings is 2. The number of likely N-dealkylation sites (tertiary alicyclic amines) is 1. The van der Waals surface area contributed by atoms with Crippen LogP contribution < -0.4 is 9.47 Å². The molecule has 1 aliphatic heterocycles. The maximum atomic E-state index is 9.36. The van der Waals surface area contributed by atoms with Crippen molar-refractivity contribution >= 4 is 22.5 Å². The first-order valence-corrected chi connectivity index (χ1v) is 10.4. The number of methoxy groups -OCH3 is 2. The molecule has 1 aliphatic rings. The number of nitriles is 1. The van der Waals surface area contributed by atoms with Gasteiger partial charge < -0.3 is 9.47 Å². The summed E-state index contributed by atoms with van der Waals surface area (Å²) in [7, 11) is 3.26. The van der Waals surface area contributed by atoms with Gasteiger partial charge in [-0.3, -0.25) is 4.90 Å². The quantitative estimate of drug-likeness (QED) is 0.558. The van der Waals surface area contributed by atoms with E-state index in [4.69, 9.17) is 26.1 Å². The van der Waals surface area contributed by atoms with Gasteiger partial charge in [-0.05, 0) is 49.2 Å². The average molecular weight is 422 g/mol. The third kappa shape index (κ3) is 4.21. The number of rotatable bonds is 5. The Bertz CT molecular complexity index is 1110. The zero-order valence-corrected chi connectivity index (χ0v) is 17.9. The Morgan fingerprint density at radius 2 is 1.97 bits per heavy atom. The molecular weight excluding hydrogens is 398 g/mol. The minimum Gasteiger partial charge on any atom is -0.493 e. The van der Waals surface area contributed by atoms with E-state index in [1.54, 1.807) is 14.2 Å². The summed E-state index contributed by atoms with van der Waals surface area (Å²) in [5, 5.41) is 11.0. The maximum absolute atomic E-state index is 9.36. The second kappa shape index (κ2) is 8.91. The highest BCUT2D eigenvalue weighted by atomic mass is 35.5. The number of fused-ring (bicyclic) bond motifs is 1. The van der Waals surface area contributed by atoms with Crippen LogP contribution in [0.2, 0.25) is 5.02 Å². The van der Waals surface area contributed by atoms with Crippen LogP contribution in [0.3, 0.4) is 0 Å². The SMILES string of the molecule is COc1cc2cc(CN3CCC[C@@H](C#N)C3)c(-c3cccc(Cl)c3)nc2cc1OC. The summed E-state index contributed by atoms with van der Waals surface area (Å²) in [6, 6.07) is 16.2. The van der Waals surface area contributed by atoms with Gasteiger partial charge in [0.1, 0.15) is 0 Å². The van der Waals surface area contributed by atoms with E-state index < -0.39 is 0 Å². The summed E-state index contributed by atoms with van der Waals surface area (Å²) < 4.78 is 10.9. The fourth-order valence-corrected chi connectivity index (χ4v) is 4.29. The molecule has 2 aromatic carbocycles. The Morgan fingerprint density at radius 3 is 2.70 bits per heavy atom. The van der Waals surface area contributed by atoms with Gasteiger partial charge in [0.2, 0.25) is 0 Å². The molecule has 30 heavy (non-hydrogen) atoms. The molecule has 3 aromatic rings. The Morgan fingerprint density at radius 1 is 1.17 bits per heavy atom. The van der Waals surface area contributed by atoms with Crippen LogP contribution in [0, 0.1) is 17.2 Å². The van der Waals surface area contributed by atoms with Gasteiger partial charge >= 0.3 is 0 Å². The molecule has 5 nitrogen and oxygen atoms in total. The lowest BCUT2D eigenvalue weighted by Gasteiger charge is -2.30. The van der Waals surface area contributed by atoms with Gasteiger partial charge in [-0.2, -0.15) is 5.26 Å². The molecule has 6 heteroatoms. The molecule has 1 aromatic heterocycles. The van der Waals surface area contributed by atoms with Crippen LogP contribution in [-0.2, 0) is 6.54 Å². The lowest BCUT2D eigenvalue weighted by molar-refractivity contribution is 0.192. The third-order valence-corrected chi connectivity index (χ3v) is 5.81. The van der Waals surface area contributed by atoms with E-state index in [-0.39, 0.29) is 5.92 Å². The van der Waals surface area contributed by atoms with E-state index in [1.807, 2.05) is 36.4 Å². The number of piperidine rings is 1. The Labute approximate surface area is 181 Å². The topological polar surface area (TPSA) is 58.4 Å². The van der Waals surface area contributed by atoms with Crippen LogP contribution in [0.5, 0.6) is 11.5 Å². The first-order valence-electron chi connectivity index (χ1n) is 10.0. The number of halogens is 1. The van der Waals surface area contributed by atoms with Crippen molar-refractivity contribution in [3.63, 3.8) is 0 Å². The van der Waals surface area contributed by atoms with Gasteiger partial charge in [-0.25, -0.2) is 4.98 Å². The molecule has 0 unspecified atom stereocenters. The van der Waals surface area contributed by atoms with Crippen molar-refractivity contribution in [2.24, 2.45) is 5.92 Å². The number of hydrogen-bond acceptors (Lipinski definition) is 5. The van der Waals surface area contributed by atoms with E-state index in [9.17, 15) is 5.26 Å². The third-order valence-electron chi connectivity index (χ3n) is 5.58. The van der Waals surface area contributed by atoms with Crippen LogP contribution >= 0.6 is 11.6 Å². The van der Waals surface area contributed by atoms with Crippen molar-refractivity contribution in [3.05, 3.63) is 53.1 Å². The molecule has 4 rings (SSSR count). The lowest BCUT2D eigenvalue weighted by Crippen LogP contribution is -2.34. The van der Waals surface area contributed by atoms with Crippen LogP contribution in [0.25, 0.3) is 22.2 Å². The van der Waals surface area contributed by atoms with Gasteiger partial charge in [0.05, 0.1) is 37.4 Å². The predicted octanol–water partition coefficient (Wildman–Crippen LogP) is 5.31. The number of pyridine rings is 1. The fourth-order valence-electron chi connectivity index (χ4n) is 4.10. The molecule has 1 fully saturated rings. The molecular formula is C24H24ClN3O2. The number of ether oxygens (including phenoxy) is 2. The van der Waals surface area contributed by atoms with Crippen molar-refractivity contribution in [2.75, 3.05) is 27.3 Å². The minimum absolute atomic E-state index is 0.0890. The standard InChI is InChI=1S/C24H24ClN3O2/c1-29-22-11-18-9-19(15-28-8-4-5-16(13-26)14-28)24(17-6-3-7-20(25)10-17)27-21(18)12-23(22)30-2/h3,6-7,9-12,16H,4-5,8,14-15H2,1-2H3/t16-/m0/s1. The Balaban J connectivity index is 1.82. The molecule has 1 saturated heterocycles. The van der Waals surface area contributed by atoms with Crippen LogP contribution in [0.15, 0.2) is 42.5 Å². The molecule has 0 radical (unpaired) electrons. The van der Waals surface area contributed by atoms with Gasteiger partial charge in [0.25, 0.3) is 0 Å². The van der Waals surface area contributed by atoms with Crippen molar-refractivity contribution < 1.29 is 9.47 Å². The normalized spacial score (nSPS) is 16.9. The summed E-state index contributed by atoms with van der Waals surface area (Å²) in [6.45, 7) is 2.50. The number of hydrogen-bond donors (Lipinski definition) is 0. The smallest absolute Gasteiger partial charge is 0.162 e. The first-order chi connectivity index (χ1) is 14.6. The van der Waals surface area contributed by atoms with Crippen LogP contribution in [0.4, 0.5) is 0 Å². The summed E-state index contributed by atoms with van der Waals surface area (Å²) in [6.07, 6.45) is 2.01. The summed E-state index contributed by atoms with van der Waals surface area (Å²) in [4.78, 5) is 7.33. The summed E-state index contributed by atoms with van der Waals surface area (Å²) in [5.74, 6) is 1.41. The van der Waals surface area contributed by atoms with E-state index >= 15 is 0 Å². The lowest BCUT2D eigenvalue weighted by atomic mass is 9.97. The molecule has 0 saturated carbocycles. The molecule has 1 atom stereocenters. The molecule has 0 aliphatic carbocycles. The minimum atomic E-state index is 0.0890. The second-order valence-corrected chi connectivity index (χ2v) is 8.05. The first kappa shape index (κ1) is 20.5. The Kier molecular flexibility index (Phi) is 6.08. The average Bonchev–Trinajstić information content (AvgIpc) is 2.77. The zero-order chi connectivity index (χ0) is 21.1. The van der Waals surface area contributed by atoms with Crippen molar-refractivity contribution in [2.45, 2.75) is 19.4 Å². The number of nitrogens with zero attached hydrogens (tertiary/aromatic N) is 3. The highest BCUT2D eigenvalue weighted by molar-refractivity contribution is 6.30. The van der Waals surface area contributed by atoms with E-state index in [2.05, 4.69) is 17.0 Å². The molecule has 0 N–H and O–H groups in total. The van der Waals surface area contributed by atoms with E-state index in [0.717, 1.165) is 60.2 Å². The number of aromatic nitrogens is 1. The van der Waals surface area contributed by atoms with E-state index in [0.29, 0.717) is 16.5 Å². The zero-order valence-electron chi connectivity index (χ0n) is 17.2. The molecule has 0 amide bonds. The van der Waals surface area contributed by atoms with E-state index in [1.165, 1.54) is 0 Å². The van der Waals surface area contributed by atoms with Crippen LogP contribution in [0.1, 0.15) is 18.4 Å². The largest absolute Gasteiger partial charge is 0.493 e. The fraction of sp³-hybridized carbons (Fsp3) is 0.333. The maximum Gasteiger partial charge on any atom is 0.162 e. The summed E-state index contributed by atoms with van der Waals surface area (Å²) >= 11 is 6.27. The highest BCUT2D eigenvalue weighted by Crippen LogP contribution is 2.35. The monoisotopic (exact) mass is 421 g/mol. The predicted molar refractivity (Wildman–Crippen MR) is 119 cm³/mol. The van der Waals surface area contributed by atoms with Gasteiger partial charge in [-0.15, -0.1) is 0 Å². The van der Waals surface area contributed by atoms with Crippen molar-refractivity contribution in [1.82, 2.24) is 9.88 Å². The molecule has 0 spiro atoms.